The quantitative estimate of drug-likeness (QED) is 0.900. The van der Waals surface area contributed by atoms with E-state index in [1.54, 1.807) is 0 Å². The van der Waals surface area contributed by atoms with Gasteiger partial charge in [0.1, 0.15) is 0 Å². The normalized spacial score (nSPS) is 16.0. The smallest absolute Gasteiger partial charge is 0.278 e. The van der Waals surface area contributed by atoms with Gasteiger partial charge in [0.25, 0.3) is 5.91 Å². The molecule has 0 bridgehead atoms. The third-order valence-corrected chi connectivity index (χ3v) is 4.53. The summed E-state index contributed by atoms with van der Waals surface area (Å²) in [4.78, 5) is 16.9. The number of amides is 1. The molecule has 1 saturated heterocycles. The largest absolute Gasteiger partial charge is 0.337 e. The first kappa shape index (κ1) is 16.4. The Morgan fingerprint density at radius 2 is 1.96 bits per heavy atom. The van der Waals surface area contributed by atoms with Gasteiger partial charge in [-0.1, -0.05) is 6.07 Å². The summed E-state index contributed by atoms with van der Waals surface area (Å²) in [5, 5.41) is 14.0. The maximum atomic E-state index is 12.8. The summed E-state index contributed by atoms with van der Waals surface area (Å²) in [5.74, 6) is 0.395. The Labute approximate surface area is 142 Å². The van der Waals surface area contributed by atoms with Crippen molar-refractivity contribution in [3.05, 3.63) is 35.0 Å². The molecule has 2 heterocycles. The van der Waals surface area contributed by atoms with Gasteiger partial charge in [-0.05, 0) is 57.1 Å². The van der Waals surface area contributed by atoms with Gasteiger partial charge >= 0.3 is 0 Å². The molecule has 0 unspecified atom stereocenters. The van der Waals surface area contributed by atoms with Crippen molar-refractivity contribution in [2.24, 2.45) is 0 Å². The van der Waals surface area contributed by atoms with Gasteiger partial charge in [0.2, 0.25) is 0 Å². The Morgan fingerprint density at radius 3 is 2.75 bits per heavy atom. The minimum Gasteiger partial charge on any atom is -0.337 e. The number of nitrogens with one attached hydrogen (secondary N) is 2. The summed E-state index contributed by atoms with van der Waals surface area (Å²) < 4.78 is 0. The van der Waals surface area contributed by atoms with Gasteiger partial charge in [0, 0.05) is 25.3 Å². The number of hydrogen-bond acceptors (Lipinski definition) is 5. The Kier molecular flexibility index (Phi) is 4.80. The zero-order valence-electron chi connectivity index (χ0n) is 14.5. The fourth-order valence-corrected chi connectivity index (χ4v) is 2.82. The highest BCUT2D eigenvalue weighted by Crippen LogP contribution is 2.21. The van der Waals surface area contributed by atoms with Crippen LogP contribution in [0, 0.1) is 13.8 Å². The van der Waals surface area contributed by atoms with E-state index in [1.165, 1.54) is 11.1 Å². The van der Waals surface area contributed by atoms with E-state index in [0.29, 0.717) is 18.1 Å². The van der Waals surface area contributed by atoms with Crippen LogP contribution >= 0.6 is 0 Å². The van der Waals surface area contributed by atoms with Crippen molar-refractivity contribution in [2.75, 3.05) is 38.5 Å². The maximum Gasteiger partial charge on any atom is 0.278 e. The van der Waals surface area contributed by atoms with Crippen LogP contribution < -0.4 is 5.32 Å². The molecule has 0 aliphatic carbocycles. The molecule has 0 spiro atoms. The van der Waals surface area contributed by atoms with Crippen LogP contribution in [0.2, 0.25) is 0 Å². The number of aromatic nitrogens is 3. The van der Waals surface area contributed by atoms with Crippen molar-refractivity contribution in [1.29, 1.82) is 0 Å². The van der Waals surface area contributed by atoms with Gasteiger partial charge in [-0.25, -0.2) is 0 Å². The molecule has 1 fully saturated rings. The monoisotopic (exact) mass is 328 g/mol. The Morgan fingerprint density at radius 1 is 1.12 bits per heavy atom. The van der Waals surface area contributed by atoms with Crippen LogP contribution in [-0.4, -0.2) is 64.3 Å². The average molecular weight is 328 g/mol. The molecule has 2 aromatic rings. The highest BCUT2D eigenvalue weighted by Gasteiger charge is 2.24. The molecule has 0 radical (unpaired) electrons. The molecule has 1 aliphatic heterocycles. The number of likely N-dealkylation sites (N-methyl/N-ethyl adjacent to an activating group) is 1. The van der Waals surface area contributed by atoms with Crippen LogP contribution in [0.15, 0.2) is 18.2 Å². The molecule has 7 nitrogen and oxygen atoms in total. The summed E-state index contributed by atoms with van der Waals surface area (Å²) in [6.07, 6.45) is 0.972. The zero-order valence-corrected chi connectivity index (χ0v) is 14.5. The van der Waals surface area contributed by atoms with Gasteiger partial charge in [-0.3, -0.25) is 4.79 Å². The first-order valence-corrected chi connectivity index (χ1v) is 8.27. The highest BCUT2D eigenvalue weighted by atomic mass is 16.2. The topological polar surface area (TPSA) is 77.1 Å². The number of benzene rings is 1. The summed E-state index contributed by atoms with van der Waals surface area (Å²) in [6, 6.07) is 6.06. The van der Waals surface area contributed by atoms with Crippen molar-refractivity contribution >= 4 is 17.4 Å². The van der Waals surface area contributed by atoms with E-state index in [0.717, 1.165) is 31.7 Å². The number of nitrogens with zero attached hydrogens (tertiary/aromatic N) is 4. The Bertz CT molecular complexity index is 726. The summed E-state index contributed by atoms with van der Waals surface area (Å²) in [7, 11) is 2.08. The third kappa shape index (κ3) is 3.56. The number of hydrogen-bond donors (Lipinski definition) is 2. The average Bonchev–Trinajstić information content (AvgIpc) is 2.90. The Hall–Kier alpha value is -2.41. The molecule has 1 amide bonds. The minimum absolute atomic E-state index is 0.0783. The number of carbonyl (C=O) groups is 1. The molecule has 3 rings (SSSR count). The first-order valence-electron chi connectivity index (χ1n) is 8.27. The molecule has 128 valence electrons. The maximum absolute atomic E-state index is 12.8. The van der Waals surface area contributed by atoms with Crippen molar-refractivity contribution < 1.29 is 4.79 Å². The Balaban J connectivity index is 1.76. The van der Waals surface area contributed by atoms with E-state index in [-0.39, 0.29) is 5.91 Å². The standard InChI is InChI=1S/C17H24N6O/c1-12-5-6-14(11-13(12)2)18-16-15(19-21-20-16)17(24)23-8-4-7-22(3)9-10-23/h5-6,11H,4,7-10H2,1-3H3,(H2,18,19,20,21). The molecule has 1 aromatic heterocycles. The summed E-state index contributed by atoms with van der Waals surface area (Å²) in [6.45, 7) is 7.48. The van der Waals surface area contributed by atoms with E-state index >= 15 is 0 Å². The van der Waals surface area contributed by atoms with E-state index in [9.17, 15) is 4.79 Å². The van der Waals surface area contributed by atoms with Crippen LogP contribution in [0.5, 0.6) is 0 Å². The van der Waals surface area contributed by atoms with Crippen LogP contribution in [0.25, 0.3) is 0 Å². The van der Waals surface area contributed by atoms with Gasteiger partial charge < -0.3 is 15.1 Å². The second-order valence-corrected chi connectivity index (χ2v) is 6.39. The molecule has 7 heteroatoms. The van der Waals surface area contributed by atoms with Gasteiger partial charge in [0.15, 0.2) is 11.5 Å². The molecule has 0 atom stereocenters. The molecule has 0 saturated carbocycles. The SMILES string of the molecule is Cc1ccc(Nc2n[nH]nc2C(=O)N2CCCN(C)CC2)cc1C. The lowest BCUT2D eigenvalue weighted by Gasteiger charge is -2.19. The van der Waals surface area contributed by atoms with E-state index < -0.39 is 0 Å². The van der Waals surface area contributed by atoms with E-state index in [1.807, 2.05) is 23.1 Å². The number of anilines is 2. The predicted molar refractivity (Wildman–Crippen MR) is 93.6 cm³/mol. The van der Waals surface area contributed by atoms with Gasteiger partial charge in [0.05, 0.1) is 0 Å². The molecular formula is C17H24N6O. The molecular weight excluding hydrogens is 304 g/mol. The van der Waals surface area contributed by atoms with Crippen molar-refractivity contribution in [3.8, 4) is 0 Å². The number of aryl methyl sites for hydroxylation is 2. The van der Waals surface area contributed by atoms with Crippen LogP contribution in [0.3, 0.4) is 0 Å². The van der Waals surface area contributed by atoms with Crippen LogP contribution in [0.4, 0.5) is 11.5 Å². The van der Waals surface area contributed by atoms with Gasteiger partial charge in [-0.15, -0.1) is 10.2 Å². The fraction of sp³-hybridized carbons (Fsp3) is 0.471. The lowest BCUT2D eigenvalue weighted by atomic mass is 10.1. The fourth-order valence-electron chi connectivity index (χ4n) is 2.82. The number of aromatic amines is 1. The molecule has 1 aromatic carbocycles. The first-order chi connectivity index (χ1) is 11.5. The minimum atomic E-state index is -0.0783. The summed E-state index contributed by atoms with van der Waals surface area (Å²) in [5.41, 5.74) is 3.66. The van der Waals surface area contributed by atoms with E-state index in [4.69, 9.17) is 0 Å². The molecule has 2 N–H and O–H groups in total. The number of rotatable bonds is 3. The van der Waals surface area contributed by atoms with Crippen molar-refractivity contribution in [3.63, 3.8) is 0 Å². The summed E-state index contributed by atoms with van der Waals surface area (Å²) >= 11 is 0. The van der Waals surface area contributed by atoms with Crippen molar-refractivity contribution in [2.45, 2.75) is 20.3 Å². The lowest BCUT2D eigenvalue weighted by molar-refractivity contribution is 0.0758. The van der Waals surface area contributed by atoms with Crippen LogP contribution in [-0.2, 0) is 0 Å². The second kappa shape index (κ2) is 7.00. The third-order valence-electron chi connectivity index (χ3n) is 4.53. The van der Waals surface area contributed by atoms with Gasteiger partial charge in [-0.2, -0.15) is 5.21 Å². The zero-order chi connectivity index (χ0) is 17.1. The lowest BCUT2D eigenvalue weighted by Crippen LogP contribution is -2.35. The number of carbonyl (C=O) groups excluding carboxylic acids is 1. The predicted octanol–water partition coefficient (Wildman–Crippen LogP) is 1.94. The number of H-pyrrole nitrogens is 1. The highest BCUT2D eigenvalue weighted by molar-refractivity contribution is 5.97. The second-order valence-electron chi connectivity index (χ2n) is 6.39. The molecule has 1 aliphatic rings. The van der Waals surface area contributed by atoms with E-state index in [2.05, 4.69) is 46.5 Å². The van der Waals surface area contributed by atoms with Crippen molar-refractivity contribution in [1.82, 2.24) is 25.2 Å². The van der Waals surface area contributed by atoms with Crippen LogP contribution in [0.1, 0.15) is 28.0 Å². The molecule has 24 heavy (non-hydrogen) atoms.